The SMILES string of the molecule is CCCCNC(=O)[C@@H](CC)N(Cc1c(Cl)cccc1Cl)C(=O)CN(c1cc(Cl)ccc1OC)S(=O)(=O)c1ccc(OC)c(OC)c1. The van der Waals surface area contributed by atoms with Gasteiger partial charge in [-0.2, -0.15) is 0 Å². The normalized spacial score (nSPS) is 11.8. The molecule has 0 fully saturated rings. The van der Waals surface area contributed by atoms with E-state index < -0.39 is 28.5 Å². The first-order valence-electron chi connectivity index (χ1n) is 14.5. The minimum absolute atomic E-state index is 0.00862. The summed E-state index contributed by atoms with van der Waals surface area (Å²) in [5.74, 6) is -0.460. The number of hydrogen-bond donors (Lipinski definition) is 1. The third kappa shape index (κ3) is 8.70. The quantitative estimate of drug-likeness (QED) is 0.167. The number of hydrogen-bond acceptors (Lipinski definition) is 7. The number of anilines is 1. The van der Waals surface area contributed by atoms with Crippen LogP contribution >= 0.6 is 34.8 Å². The Hall–Kier alpha value is -3.38. The Bertz CT molecular complexity index is 1620. The number of unbranched alkanes of at least 4 members (excludes halogenated alkanes) is 1. The molecule has 2 amide bonds. The van der Waals surface area contributed by atoms with Crippen molar-refractivity contribution in [2.24, 2.45) is 0 Å². The second-order valence-corrected chi connectivity index (χ2v) is 13.2. The van der Waals surface area contributed by atoms with Crippen LogP contribution < -0.4 is 23.8 Å². The summed E-state index contributed by atoms with van der Waals surface area (Å²) in [5.41, 5.74) is 0.419. The summed E-state index contributed by atoms with van der Waals surface area (Å²) in [7, 11) is -0.314. The van der Waals surface area contributed by atoms with Gasteiger partial charge in [0.15, 0.2) is 11.5 Å². The van der Waals surface area contributed by atoms with E-state index in [1.165, 1.54) is 62.6 Å². The largest absolute Gasteiger partial charge is 0.495 e. The molecule has 3 rings (SSSR count). The first-order valence-corrected chi connectivity index (χ1v) is 17.1. The fourth-order valence-corrected chi connectivity index (χ4v) is 6.87. The molecule has 3 aromatic carbocycles. The number of nitrogens with one attached hydrogen (secondary N) is 1. The van der Waals surface area contributed by atoms with Gasteiger partial charge in [0.05, 0.1) is 31.9 Å². The minimum Gasteiger partial charge on any atom is -0.495 e. The van der Waals surface area contributed by atoms with Crippen molar-refractivity contribution >= 4 is 62.3 Å². The minimum atomic E-state index is -4.49. The second-order valence-electron chi connectivity index (χ2n) is 10.1. The zero-order valence-electron chi connectivity index (χ0n) is 26.3. The summed E-state index contributed by atoms with van der Waals surface area (Å²) < 4.78 is 45.8. The predicted octanol–water partition coefficient (Wildman–Crippen LogP) is 6.59. The van der Waals surface area contributed by atoms with Gasteiger partial charge < -0.3 is 24.4 Å². The summed E-state index contributed by atoms with van der Waals surface area (Å²) in [6.45, 7) is 3.29. The van der Waals surface area contributed by atoms with Gasteiger partial charge in [-0.25, -0.2) is 8.42 Å². The number of methoxy groups -OCH3 is 3. The highest BCUT2D eigenvalue weighted by Crippen LogP contribution is 2.37. The molecule has 0 heterocycles. The van der Waals surface area contributed by atoms with Crippen molar-refractivity contribution in [2.45, 2.75) is 50.6 Å². The Kier molecular flexibility index (Phi) is 13.7. The lowest BCUT2D eigenvalue weighted by Crippen LogP contribution is -2.52. The lowest BCUT2D eigenvalue weighted by molar-refractivity contribution is -0.140. The first kappa shape index (κ1) is 37.1. The van der Waals surface area contributed by atoms with Crippen LogP contribution in [0.2, 0.25) is 15.1 Å². The topological polar surface area (TPSA) is 114 Å². The van der Waals surface area contributed by atoms with Crippen molar-refractivity contribution in [1.82, 2.24) is 10.2 Å². The molecule has 10 nitrogen and oxygen atoms in total. The van der Waals surface area contributed by atoms with Gasteiger partial charge in [0.2, 0.25) is 11.8 Å². The summed E-state index contributed by atoms with van der Waals surface area (Å²) in [6, 6.07) is 12.4. The van der Waals surface area contributed by atoms with E-state index in [2.05, 4.69) is 5.32 Å². The molecule has 0 spiro atoms. The molecule has 1 N–H and O–H groups in total. The van der Waals surface area contributed by atoms with Crippen LogP contribution in [0.5, 0.6) is 17.2 Å². The molecule has 0 aliphatic rings. The van der Waals surface area contributed by atoms with Crippen LogP contribution in [-0.2, 0) is 26.2 Å². The summed E-state index contributed by atoms with van der Waals surface area (Å²) in [5, 5.41) is 3.67. The number of carbonyl (C=O) groups is 2. The first-order chi connectivity index (χ1) is 21.9. The summed E-state index contributed by atoms with van der Waals surface area (Å²) in [6.07, 6.45) is 1.84. The monoisotopic (exact) mass is 713 g/mol. The van der Waals surface area contributed by atoms with Crippen molar-refractivity contribution in [2.75, 3.05) is 38.7 Å². The van der Waals surface area contributed by atoms with E-state index in [0.29, 0.717) is 17.9 Å². The van der Waals surface area contributed by atoms with Crippen LogP contribution in [0.15, 0.2) is 59.5 Å². The van der Waals surface area contributed by atoms with E-state index in [0.717, 1.165) is 17.1 Å². The smallest absolute Gasteiger partial charge is 0.265 e. The van der Waals surface area contributed by atoms with Gasteiger partial charge >= 0.3 is 0 Å². The molecule has 0 radical (unpaired) electrons. The van der Waals surface area contributed by atoms with Gasteiger partial charge in [-0.15, -0.1) is 0 Å². The van der Waals surface area contributed by atoms with Crippen LogP contribution in [0.1, 0.15) is 38.7 Å². The number of sulfonamides is 1. The van der Waals surface area contributed by atoms with Gasteiger partial charge in [0.1, 0.15) is 18.3 Å². The highest BCUT2D eigenvalue weighted by Gasteiger charge is 2.35. The third-order valence-corrected chi connectivity index (χ3v) is 9.94. The van der Waals surface area contributed by atoms with Crippen LogP contribution in [-0.4, -0.2) is 65.6 Å². The number of ether oxygens (including phenoxy) is 3. The maximum absolute atomic E-state index is 14.4. The molecule has 0 aliphatic heterocycles. The molecule has 0 bridgehead atoms. The molecule has 14 heteroatoms. The average Bonchev–Trinajstić information content (AvgIpc) is 3.04. The van der Waals surface area contributed by atoms with E-state index in [1.54, 1.807) is 25.1 Å². The van der Waals surface area contributed by atoms with Crippen molar-refractivity contribution in [1.29, 1.82) is 0 Å². The Labute approximate surface area is 285 Å². The molecule has 46 heavy (non-hydrogen) atoms. The predicted molar refractivity (Wildman–Crippen MR) is 181 cm³/mol. The van der Waals surface area contributed by atoms with Gasteiger partial charge in [-0.3, -0.25) is 13.9 Å². The maximum atomic E-state index is 14.4. The lowest BCUT2D eigenvalue weighted by Gasteiger charge is -2.34. The number of halogens is 3. The number of benzene rings is 3. The number of nitrogens with zero attached hydrogens (tertiary/aromatic N) is 2. The van der Waals surface area contributed by atoms with Crippen molar-refractivity contribution in [3.05, 3.63) is 75.2 Å². The highest BCUT2D eigenvalue weighted by atomic mass is 35.5. The zero-order chi connectivity index (χ0) is 34.0. The fourth-order valence-electron chi connectivity index (χ4n) is 4.75. The molecule has 3 aromatic rings. The van der Waals surface area contributed by atoms with Crippen molar-refractivity contribution < 1.29 is 32.2 Å². The molecular weight excluding hydrogens is 677 g/mol. The number of carbonyl (C=O) groups excluding carboxylic acids is 2. The third-order valence-electron chi connectivity index (χ3n) is 7.24. The highest BCUT2D eigenvalue weighted by molar-refractivity contribution is 7.92. The van der Waals surface area contributed by atoms with Crippen LogP contribution in [0, 0.1) is 0 Å². The Balaban J connectivity index is 2.19. The van der Waals surface area contributed by atoms with E-state index >= 15 is 0 Å². The molecule has 250 valence electrons. The number of rotatable bonds is 16. The van der Waals surface area contributed by atoms with Gasteiger partial charge in [-0.1, -0.05) is 61.1 Å². The lowest BCUT2D eigenvalue weighted by atomic mass is 10.1. The fraction of sp³-hybridized carbons (Fsp3) is 0.375. The Morgan fingerprint density at radius 3 is 2.09 bits per heavy atom. The average molecular weight is 715 g/mol. The van der Waals surface area contributed by atoms with Crippen molar-refractivity contribution in [3.63, 3.8) is 0 Å². The van der Waals surface area contributed by atoms with Crippen LogP contribution in [0.25, 0.3) is 0 Å². The van der Waals surface area contributed by atoms with Gasteiger partial charge in [0.25, 0.3) is 10.0 Å². The standard InChI is InChI=1S/C32H38Cl3N3O7S/c1-6-8-16-36-32(40)26(7-2)37(19-23-24(34)10-9-11-25(23)35)31(39)20-38(27-17-21(33)12-14-28(27)43-3)46(41,42)22-13-15-29(44-4)30(18-22)45-5/h9-15,17-18,26H,6-8,16,19-20H2,1-5H3,(H,36,40)/t26-/m1/s1. The molecule has 0 saturated carbocycles. The van der Waals surface area contributed by atoms with E-state index in [9.17, 15) is 18.0 Å². The molecule has 0 unspecified atom stereocenters. The summed E-state index contributed by atoms with van der Waals surface area (Å²) >= 11 is 19.3. The molecule has 1 atom stereocenters. The second kappa shape index (κ2) is 17.0. The zero-order valence-corrected chi connectivity index (χ0v) is 29.4. The molecule has 0 saturated heterocycles. The van der Waals surface area contributed by atoms with Crippen LogP contribution in [0.4, 0.5) is 5.69 Å². The molecule has 0 aliphatic carbocycles. The van der Waals surface area contributed by atoms with E-state index in [4.69, 9.17) is 49.0 Å². The van der Waals surface area contributed by atoms with E-state index in [-0.39, 0.29) is 56.0 Å². The van der Waals surface area contributed by atoms with Crippen molar-refractivity contribution in [3.8, 4) is 17.2 Å². The molecule has 0 aromatic heterocycles. The number of amides is 2. The van der Waals surface area contributed by atoms with Crippen LogP contribution in [0.3, 0.4) is 0 Å². The maximum Gasteiger partial charge on any atom is 0.265 e. The van der Waals surface area contributed by atoms with E-state index in [1.807, 2.05) is 6.92 Å². The Morgan fingerprint density at radius 2 is 1.50 bits per heavy atom. The summed E-state index contributed by atoms with van der Waals surface area (Å²) in [4.78, 5) is 29.0. The van der Waals surface area contributed by atoms with Gasteiger partial charge in [0, 0.05) is 39.8 Å². The molecular formula is C32H38Cl3N3O7S. The van der Waals surface area contributed by atoms with Gasteiger partial charge in [-0.05, 0) is 55.3 Å². The Morgan fingerprint density at radius 1 is 0.870 bits per heavy atom.